The van der Waals surface area contributed by atoms with Gasteiger partial charge in [0.25, 0.3) is 0 Å². The van der Waals surface area contributed by atoms with Gasteiger partial charge in [-0.05, 0) is 44.3 Å². The molecular weight excluding hydrogens is 363 g/mol. The number of benzene rings is 2. The van der Waals surface area contributed by atoms with Crippen LogP contribution in [0.2, 0.25) is 0 Å². The Hall–Kier alpha value is -2.93. The monoisotopic (exact) mass is 384 g/mol. The maximum atomic E-state index is 13.9. The van der Waals surface area contributed by atoms with Gasteiger partial charge in [-0.3, -0.25) is 4.68 Å². The topological polar surface area (TPSA) is 51.1 Å². The van der Waals surface area contributed by atoms with Crippen molar-refractivity contribution in [3.63, 3.8) is 0 Å². The van der Waals surface area contributed by atoms with Gasteiger partial charge in [-0.1, -0.05) is 30.3 Å². The molecule has 1 aromatic heterocycles. The zero-order valence-electron chi connectivity index (χ0n) is 15.2. The summed E-state index contributed by atoms with van der Waals surface area (Å²) in [4.78, 5) is 0. The van der Waals surface area contributed by atoms with Crippen LogP contribution in [-0.2, 0) is 6.54 Å². The van der Waals surface area contributed by atoms with E-state index in [0.29, 0.717) is 29.6 Å². The minimum absolute atomic E-state index is 0.244. The molecule has 0 unspecified atom stereocenters. The van der Waals surface area contributed by atoms with Crippen LogP contribution in [0, 0.1) is 12.7 Å². The number of rotatable bonds is 6. The SMILES string of the molecule is CCOc1ccccc1NC(=S)Nc1cc(C)n(Cc2ccccc2F)n1. The van der Waals surface area contributed by atoms with Crippen LogP contribution in [0.15, 0.2) is 54.6 Å². The van der Waals surface area contributed by atoms with Crippen molar-refractivity contribution in [2.24, 2.45) is 0 Å². The molecule has 0 fully saturated rings. The molecule has 2 N–H and O–H groups in total. The molecule has 0 atom stereocenters. The van der Waals surface area contributed by atoms with Crippen LogP contribution in [0.5, 0.6) is 5.75 Å². The maximum Gasteiger partial charge on any atom is 0.176 e. The second kappa shape index (κ2) is 8.64. The lowest BCUT2D eigenvalue weighted by Gasteiger charge is -2.13. The minimum atomic E-state index is -0.244. The molecule has 0 saturated heterocycles. The lowest BCUT2D eigenvalue weighted by Crippen LogP contribution is -2.20. The third-order valence-corrected chi connectivity index (χ3v) is 4.14. The first-order valence-corrected chi connectivity index (χ1v) is 9.05. The number of aryl methyl sites for hydroxylation is 1. The van der Waals surface area contributed by atoms with Crippen molar-refractivity contribution in [3.05, 3.63) is 71.7 Å². The number of thiocarbonyl (C=S) groups is 1. The summed E-state index contributed by atoms with van der Waals surface area (Å²) in [5, 5.41) is 11.0. The van der Waals surface area contributed by atoms with Gasteiger partial charge in [0.2, 0.25) is 0 Å². The summed E-state index contributed by atoms with van der Waals surface area (Å²) in [6.45, 7) is 4.77. The molecule has 140 valence electrons. The van der Waals surface area contributed by atoms with E-state index in [4.69, 9.17) is 17.0 Å². The molecule has 1 heterocycles. The second-order valence-electron chi connectivity index (χ2n) is 5.93. The van der Waals surface area contributed by atoms with Gasteiger partial charge in [-0.15, -0.1) is 0 Å². The van der Waals surface area contributed by atoms with Crippen LogP contribution in [-0.4, -0.2) is 21.5 Å². The third-order valence-electron chi connectivity index (χ3n) is 3.94. The third kappa shape index (κ3) is 4.83. The average Bonchev–Trinajstić information content (AvgIpc) is 2.98. The molecule has 5 nitrogen and oxygen atoms in total. The van der Waals surface area contributed by atoms with Crippen molar-refractivity contribution < 1.29 is 9.13 Å². The summed E-state index contributed by atoms with van der Waals surface area (Å²) in [5.41, 5.74) is 2.26. The molecule has 0 aliphatic carbocycles. The van der Waals surface area contributed by atoms with Gasteiger partial charge < -0.3 is 15.4 Å². The minimum Gasteiger partial charge on any atom is -0.492 e. The Morgan fingerprint density at radius 3 is 2.67 bits per heavy atom. The average molecular weight is 384 g/mol. The Balaban J connectivity index is 1.68. The highest BCUT2D eigenvalue weighted by atomic mass is 32.1. The van der Waals surface area contributed by atoms with E-state index < -0.39 is 0 Å². The van der Waals surface area contributed by atoms with Crippen LogP contribution in [0.3, 0.4) is 0 Å². The fourth-order valence-corrected chi connectivity index (χ4v) is 2.85. The predicted octanol–water partition coefficient (Wildman–Crippen LogP) is 4.59. The molecular formula is C20H21FN4OS. The van der Waals surface area contributed by atoms with Crippen LogP contribution in [0.25, 0.3) is 0 Å². The number of aromatic nitrogens is 2. The van der Waals surface area contributed by atoms with Crippen LogP contribution in [0.1, 0.15) is 18.2 Å². The molecule has 0 bridgehead atoms. The Morgan fingerprint density at radius 2 is 1.89 bits per heavy atom. The summed E-state index contributed by atoms with van der Waals surface area (Å²) in [6, 6.07) is 16.1. The van der Waals surface area contributed by atoms with Crippen molar-refractivity contribution in [2.75, 3.05) is 17.2 Å². The van der Waals surface area contributed by atoms with E-state index >= 15 is 0 Å². The van der Waals surface area contributed by atoms with Crippen molar-refractivity contribution in [1.82, 2.24) is 9.78 Å². The Morgan fingerprint density at radius 1 is 1.15 bits per heavy atom. The quantitative estimate of drug-likeness (QED) is 0.609. The zero-order chi connectivity index (χ0) is 19.2. The molecule has 0 amide bonds. The number of hydrogen-bond acceptors (Lipinski definition) is 3. The fourth-order valence-electron chi connectivity index (χ4n) is 2.64. The van der Waals surface area contributed by atoms with Crippen molar-refractivity contribution in [3.8, 4) is 5.75 Å². The highest BCUT2D eigenvalue weighted by molar-refractivity contribution is 7.80. The smallest absolute Gasteiger partial charge is 0.176 e. The van der Waals surface area contributed by atoms with Gasteiger partial charge in [0.1, 0.15) is 11.6 Å². The molecule has 0 aliphatic rings. The van der Waals surface area contributed by atoms with Crippen molar-refractivity contribution in [1.29, 1.82) is 0 Å². The van der Waals surface area contributed by atoms with E-state index in [9.17, 15) is 4.39 Å². The van der Waals surface area contributed by atoms with E-state index in [1.54, 1.807) is 16.8 Å². The number of anilines is 2. The summed E-state index contributed by atoms with van der Waals surface area (Å²) in [5.74, 6) is 1.08. The highest BCUT2D eigenvalue weighted by Crippen LogP contribution is 2.24. The Kier molecular flexibility index (Phi) is 6.03. The summed E-state index contributed by atoms with van der Waals surface area (Å²) in [7, 11) is 0. The van der Waals surface area contributed by atoms with Gasteiger partial charge in [0.15, 0.2) is 10.9 Å². The zero-order valence-corrected chi connectivity index (χ0v) is 16.0. The van der Waals surface area contributed by atoms with Crippen LogP contribution >= 0.6 is 12.2 Å². The summed E-state index contributed by atoms with van der Waals surface area (Å²) >= 11 is 5.38. The molecule has 3 rings (SSSR count). The molecule has 2 aromatic carbocycles. The number of hydrogen-bond donors (Lipinski definition) is 2. The van der Waals surface area contributed by atoms with E-state index in [1.807, 2.05) is 50.2 Å². The van der Waals surface area contributed by atoms with Crippen LogP contribution < -0.4 is 15.4 Å². The first-order valence-electron chi connectivity index (χ1n) is 8.64. The fraction of sp³-hybridized carbons (Fsp3) is 0.200. The molecule has 0 aliphatic heterocycles. The largest absolute Gasteiger partial charge is 0.492 e. The van der Waals surface area contributed by atoms with Gasteiger partial charge in [-0.25, -0.2) is 4.39 Å². The predicted molar refractivity (Wildman–Crippen MR) is 110 cm³/mol. The van der Waals surface area contributed by atoms with Crippen molar-refractivity contribution >= 4 is 28.8 Å². The molecule has 0 saturated carbocycles. The summed E-state index contributed by atoms with van der Waals surface area (Å²) < 4.78 is 21.2. The van der Waals surface area contributed by atoms with Gasteiger partial charge in [0, 0.05) is 17.3 Å². The molecule has 3 aromatic rings. The standard InChI is InChI=1S/C20H21FN4OS/c1-3-26-18-11-7-6-10-17(18)22-20(27)23-19-12-14(2)25(24-19)13-15-8-4-5-9-16(15)21/h4-12H,3,13H2,1-2H3,(H2,22,23,24,27). The van der Waals surface area contributed by atoms with Crippen LogP contribution in [0.4, 0.5) is 15.9 Å². The number of ether oxygens (including phenoxy) is 1. The second-order valence-corrected chi connectivity index (χ2v) is 6.34. The Bertz CT molecular complexity index is 941. The molecule has 0 radical (unpaired) electrons. The van der Waals surface area contributed by atoms with Gasteiger partial charge in [-0.2, -0.15) is 5.10 Å². The number of nitrogens with one attached hydrogen (secondary N) is 2. The normalized spacial score (nSPS) is 10.5. The lowest BCUT2D eigenvalue weighted by molar-refractivity contribution is 0.342. The highest BCUT2D eigenvalue weighted by Gasteiger charge is 2.10. The molecule has 27 heavy (non-hydrogen) atoms. The van der Waals surface area contributed by atoms with E-state index in [2.05, 4.69) is 15.7 Å². The number of halogens is 1. The van der Waals surface area contributed by atoms with E-state index in [-0.39, 0.29) is 5.82 Å². The molecule has 0 spiro atoms. The first kappa shape index (κ1) is 18.8. The van der Waals surface area contributed by atoms with E-state index in [1.165, 1.54) is 6.07 Å². The summed E-state index contributed by atoms with van der Waals surface area (Å²) in [6.07, 6.45) is 0. The van der Waals surface area contributed by atoms with Gasteiger partial charge >= 0.3 is 0 Å². The maximum absolute atomic E-state index is 13.9. The number of para-hydroxylation sites is 2. The number of nitrogens with zero attached hydrogens (tertiary/aromatic N) is 2. The Labute approximate surface area is 163 Å². The van der Waals surface area contributed by atoms with E-state index in [0.717, 1.165) is 17.1 Å². The van der Waals surface area contributed by atoms with Crippen molar-refractivity contribution in [2.45, 2.75) is 20.4 Å². The molecule has 7 heteroatoms. The first-order chi connectivity index (χ1) is 13.1. The lowest BCUT2D eigenvalue weighted by atomic mass is 10.2. The van der Waals surface area contributed by atoms with Gasteiger partial charge in [0.05, 0.1) is 18.8 Å².